The first kappa shape index (κ1) is 11.0. The van der Waals surface area contributed by atoms with E-state index in [-0.39, 0.29) is 0 Å². The predicted octanol–water partition coefficient (Wildman–Crippen LogP) is 1.86. The van der Waals surface area contributed by atoms with Gasteiger partial charge >= 0.3 is 0 Å². The summed E-state index contributed by atoms with van der Waals surface area (Å²) in [6.45, 7) is 0.633. The van der Waals surface area contributed by atoms with Crippen LogP contribution in [-0.2, 0) is 12.8 Å². The summed E-state index contributed by atoms with van der Waals surface area (Å²) in [5.74, 6) is 5.16. The van der Waals surface area contributed by atoms with Crippen LogP contribution in [0.25, 0.3) is 0 Å². The van der Waals surface area contributed by atoms with E-state index in [9.17, 15) is 0 Å². The molecule has 1 unspecified atom stereocenters. The lowest BCUT2D eigenvalue weighted by Gasteiger charge is -2.19. The van der Waals surface area contributed by atoms with Crippen molar-refractivity contribution in [1.29, 1.82) is 0 Å². The standard InChI is InChI=1S/C11H18N2OS/c12-4-3-10-7-13-11(14-10)6-9-2-1-5-15-8-9/h7,9H,1-6,8,12H2. The van der Waals surface area contributed by atoms with E-state index in [1.165, 1.54) is 24.3 Å². The third-order valence-corrected chi connectivity index (χ3v) is 3.99. The van der Waals surface area contributed by atoms with Crippen molar-refractivity contribution >= 4 is 11.8 Å². The van der Waals surface area contributed by atoms with Crippen molar-refractivity contribution in [1.82, 2.24) is 4.98 Å². The first-order chi connectivity index (χ1) is 7.38. The highest BCUT2D eigenvalue weighted by Gasteiger charge is 2.16. The Hall–Kier alpha value is -0.480. The van der Waals surface area contributed by atoms with Crippen LogP contribution in [-0.4, -0.2) is 23.0 Å². The summed E-state index contributed by atoms with van der Waals surface area (Å²) in [5.41, 5.74) is 5.46. The van der Waals surface area contributed by atoms with Crippen LogP contribution in [0.4, 0.5) is 0 Å². The summed E-state index contributed by atoms with van der Waals surface area (Å²) in [7, 11) is 0. The molecule has 0 radical (unpaired) electrons. The molecule has 1 aromatic heterocycles. The third kappa shape index (κ3) is 3.24. The summed E-state index contributed by atoms with van der Waals surface area (Å²) < 4.78 is 5.63. The topological polar surface area (TPSA) is 52.0 Å². The van der Waals surface area contributed by atoms with Crippen molar-refractivity contribution in [2.45, 2.75) is 25.7 Å². The summed E-state index contributed by atoms with van der Waals surface area (Å²) in [4.78, 5) is 4.30. The molecule has 0 aliphatic carbocycles. The quantitative estimate of drug-likeness (QED) is 0.851. The number of hydrogen-bond acceptors (Lipinski definition) is 4. The van der Waals surface area contributed by atoms with Gasteiger partial charge in [0.25, 0.3) is 0 Å². The Bertz CT molecular complexity index is 295. The van der Waals surface area contributed by atoms with E-state index in [4.69, 9.17) is 10.2 Å². The Morgan fingerprint density at radius 1 is 1.60 bits per heavy atom. The Morgan fingerprint density at radius 3 is 3.27 bits per heavy atom. The minimum Gasteiger partial charge on any atom is -0.446 e. The lowest BCUT2D eigenvalue weighted by Crippen LogP contribution is -2.13. The molecule has 15 heavy (non-hydrogen) atoms. The summed E-state index contributed by atoms with van der Waals surface area (Å²) in [6.07, 6.45) is 6.27. The van der Waals surface area contributed by atoms with E-state index in [0.29, 0.717) is 6.54 Å². The maximum Gasteiger partial charge on any atom is 0.194 e. The highest BCUT2D eigenvalue weighted by atomic mass is 32.2. The SMILES string of the molecule is NCCc1cnc(CC2CCCSC2)o1. The van der Waals surface area contributed by atoms with Gasteiger partial charge in [0.1, 0.15) is 5.76 Å². The van der Waals surface area contributed by atoms with Gasteiger partial charge in [0.15, 0.2) is 5.89 Å². The van der Waals surface area contributed by atoms with E-state index < -0.39 is 0 Å². The van der Waals surface area contributed by atoms with Crippen molar-refractivity contribution in [3.8, 4) is 0 Å². The largest absolute Gasteiger partial charge is 0.446 e. The Kier molecular flexibility index (Phi) is 4.09. The van der Waals surface area contributed by atoms with Crippen molar-refractivity contribution in [2.24, 2.45) is 11.7 Å². The second-order valence-electron chi connectivity index (χ2n) is 4.05. The number of thioether (sulfide) groups is 1. The fourth-order valence-electron chi connectivity index (χ4n) is 1.92. The monoisotopic (exact) mass is 226 g/mol. The zero-order valence-corrected chi connectivity index (χ0v) is 9.76. The van der Waals surface area contributed by atoms with Crippen LogP contribution in [0.15, 0.2) is 10.6 Å². The van der Waals surface area contributed by atoms with Gasteiger partial charge in [-0.3, -0.25) is 0 Å². The molecule has 0 spiro atoms. The zero-order chi connectivity index (χ0) is 10.5. The molecule has 1 fully saturated rings. The van der Waals surface area contributed by atoms with E-state index >= 15 is 0 Å². The molecule has 1 atom stereocenters. The highest BCUT2D eigenvalue weighted by molar-refractivity contribution is 7.99. The summed E-state index contributed by atoms with van der Waals surface area (Å²) in [5, 5.41) is 0. The molecule has 4 heteroatoms. The molecule has 1 saturated heterocycles. The van der Waals surface area contributed by atoms with E-state index in [2.05, 4.69) is 4.98 Å². The van der Waals surface area contributed by atoms with Crippen molar-refractivity contribution in [3.05, 3.63) is 17.8 Å². The van der Waals surface area contributed by atoms with E-state index in [0.717, 1.165) is 30.4 Å². The Labute approximate surface area is 94.8 Å². The molecule has 2 N–H and O–H groups in total. The molecule has 3 nitrogen and oxygen atoms in total. The predicted molar refractivity (Wildman–Crippen MR) is 63.0 cm³/mol. The van der Waals surface area contributed by atoms with Gasteiger partial charge in [-0.2, -0.15) is 11.8 Å². The molecule has 0 amide bonds. The number of nitrogens with two attached hydrogens (primary N) is 1. The maximum absolute atomic E-state index is 5.63. The van der Waals surface area contributed by atoms with Crippen molar-refractivity contribution in [3.63, 3.8) is 0 Å². The van der Waals surface area contributed by atoms with E-state index in [1.54, 1.807) is 0 Å². The molecule has 0 aromatic carbocycles. The van der Waals surface area contributed by atoms with Crippen LogP contribution >= 0.6 is 11.8 Å². The lowest BCUT2D eigenvalue weighted by atomic mass is 10.0. The molecular weight excluding hydrogens is 208 g/mol. The second kappa shape index (κ2) is 5.56. The van der Waals surface area contributed by atoms with Gasteiger partial charge in [-0.25, -0.2) is 4.98 Å². The van der Waals surface area contributed by atoms with Gasteiger partial charge in [-0.05, 0) is 36.8 Å². The number of oxazole rings is 1. The normalized spacial score (nSPS) is 21.8. The van der Waals surface area contributed by atoms with Gasteiger partial charge < -0.3 is 10.2 Å². The maximum atomic E-state index is 5.63. The molecule has 0 saturated carbocycles. The molecule has 1 aliphatic rings. The fraction of sp³-hybridized carbons (Fsp3) is 0.727. The summed E-state index contributed by atoms with van der Waals surface area (Å²) >= 11 is 2.05. The number of rotatable bonds is 4. The minimum absolute atomic E-state index is 0.633. The van der Waals surface area contributed by atoms with Gasteiger partial charge in [0.05, 0.1) is 6.20 Å². The van der Waals surface area contributed by atoms with Gasteiger partial charge in [-0.15, -0.1) is 0 Å². The van der Waals surface area contributed by atoms with Gasteiger partial charge in [0.2, 0.25) is 0 Å². The molecular formula is C11H18N2OS. The van der Waals surface area contributed by atoms with Crippen LogP contribution in [0.1, 0.15) is 24.5 Å². The number of aromatic nitrogens is 1. The zero-order valence-electron chi connectivity index (χ0n) is 8.95. The van der Waals surface area contributed by atoms with Gasteiger partial charge in [0, 0.05) is 12.8 Å². The lowest BCUT2D eigenvalue weighted by molar-refractivity contribution is 0.407. The second-order valence-corrected chi connectivity index (χ2v) is 5.20. The van der Waals surface area contributed by atoms with Crippen molar-refractivity contribution < 1.29 is 4.42 Å². The van der Waals surface area contributed by atoms with Crippen molar-refractivity contribution in [2.75, 3.05) is 18.1 Å². The number of nitrogens with zero attached hydrogens (tertiary/aromatic N) is 1. The fourth-order valence-corrected chi connectivity index (χ4v) is 3.07. The average molecular weight is 226 g/mol. The van der Waals surface area contributed by atoms with Crippen LogP contribution in [0, 0.1) is 5.92 Å². The number of hydrogen-bond donors (Lipinski definition) is 1. The molecule has 1 aromatic rings. The highest BCUT2D eigenvalue weighted by Crippen LogP contribution is 2.25. The molecule has 1 aliphatic heterocycles. The van der Waals surface area contributed by atoms with Crippen LogP contribution in [0.2, 0.25) is 0 Å². The third-order valence-electron chi connectivity index (χ3n) is 2.71. The minimum atomic E-state index is 0.633. The molecule has 2 rings (SSSR count). The van der Waals surface area contributed by atoms with Crippen LogP contribution in [0.3, 0.4) is 0 Å². The smallest absolute Gasteiger partial charge is 0.194 e. The Balaban J connectivity index is 1.86. The molecule has 84 valence electrons. The van der Waals surface area contributed by atoms with Crippen LogP contribution in [0.5, 0.6) is 0 Å². The first-order valence-corrected chi connectivity index (χ1v) is 6.75. The Morgan fingerprint density at radius 2 is 2.53 bits per heavy atom. The molecule has 2 heterocycles. The molecule has 0 bridgehead atoms. The van der Waals surface area contributed by atoms with Gasteiger partial charge in [-0.1, -0.05) is 0 Å². The van der Waals surface area contributed by atoms with Crippen LogP contribution < -0.4 is 5.73 Å². The van der Waals surface area contributed by atoms with E-state index in [1.807, 2.05) is 18.0 Å². The average Bonchev–Trinajstić information content (AvgIpc) is 2.68. The summed E-state index contributed by atoms with van der Waals surface area (Å²) in [6, 6.07) is 0. The first-order valence-electron chi connectivity index (χ1n) is 5.60.